The number of hydrogen-bond acceptors (Lipinski definition) is 3. The molecule has 4 nitrogen and oxygen atoms in total. The van der Waals surface area contributed by atoms with Crippen molar-refractivity contribution in [2.24, 2.45) is 0 Å². The Morgan fingerprint density at radius 1 is 1.37 bits per heavy atom. The molecule has 0 unspecified atom stereocenters. The fourth-order valence-corrected chi connectivity index (χ4v) is 2.47. The van der Waals surface area contributed by atoms with E-state index in [2.05, 4.69) is 31.5 Å². The van der Waals surface area contributed by atoms with Crippen LogP contribution in [-0.4, -0.2) is 17.4 Å². The molecule has 2 aromatic rings. The molecule has 1 aliphatic heterocycles. The average Bonchev–Trinajstić information content (AvgIpc) is 2.88. The van der Waals surface area contributed by atoms with Gasteiger partial charge in [0, 0.05) is 24.0 Å². The molecule has 1 amide bonds. The highest BCUT2D eigenvalue weighted by molar-refractivity contribution is 9.10. The van der Waals surface area contributed by atoms with E-state index in [-0.39, 0.29) is 5.91 Å². The summed E-state index contributed by atoms with van der Waals surface area (Å²) in [4.78, 5) is 16.3. The minimum Gasteiger partial charge on any atom is -0.384 e. The molecule has 0 saturated heterocycles. The third kappa shape index (κ3) is 2.46. The molecule has 0 aliphatic carbocycles. The van der Waals surface area contributed by atoms with E-state index in [0.717, 1.165) is 18.7 Å². The number of halogens is 1. The van der Waals surface area contributed by atoms with Gasteiger partial charge < -0.3 is 10.6 Å². The molecule has 1 aliphatic rings. The second-order valence-electron chi connectivity index (χ2n) is 4.34. The number of fused-ring (bicyclic) bond motifs is 1. The Morgan fingerprint density at radius 2 is 2.26 bits per heavy atom. The van der Waals surface area contributed by atoms with Crippen LogP contribution >= 0.6 is 15.9 Å². The molecule has 2 N–H and O–H groups in total. The minimum atomic E-state index is -0.122. The predicted octanol–water partition coefficient (Wildman–Crippen LogP) is 3.06. The summed E-state index contributed by atoms with van der Waals surface area (Å²) in [5.74, 6) is -0.122. The molecule has 2 heterocycles. The monoisotopic (exact) mass is 317 g/mol. The molecule has 1 aromatic carbocycles. The van der Waals surface area contributed by atoms with Crippen molar-refractivity contribution in [2.75, 3.05) is 17.2 Å². The molecule has 3 rings (SSSR count). The van der Waals surface area contributed by atoms with Crippen molar-refractivity contribution in [1.29, 1.82) is 0 Å². The summed E-state index contributed by atoms with van der Waals surface area (Å²) in [5.41, 5.74) is 3.65. The van der Waals surface area contributed by atoms with Gasteiger partial charge in [-0.1, -0.05) is 0 Å². The Morgan fingerprint density at radius 3 is 3.11 bits per heavy atom. The number of benzene rings is 1. The number of nitrogens with one attached hydrogen (secondary N) is 2. The van der Waals surface area contributed by atoms with Crippen LogP contribution in [0.2, 0.25) is 0 Å². The van der Waals surface area contributed by atoms with Gasteiger partial charge in [-0.15, -0.1) is 0 Å². The fraction of sp³-hybridized carbons (Fsp3) is 0.143. The van der Waals surface area contributed by atoms with Crippen LogP contribution in [0.15, 0.2) is 41.1 Å². The smallest absolute Gasteiger partial charge is 0.255 e. The van der Waals surface area contributed by atoms with Crippen LogP contribution in [0.5, 0.6) is 0 Å². The van der Waals surface area contributed by atoms with Gasteiger partial charge in [0.2, 0.25) is 0 Å². The van der Waals surface area contributed by atoms with Gasteiger partial charge in [-0.05, 0) is 58.2 Å². The molecule has 0 atom stereocenters. The fourth-order valence-electron chi connectivity index (χ4n) is 2.12. The van der Waals surface area contributed by atoms with Crippen LogP contribution in [-0.2, 0) is 6.42 Å². The second-order valence-corrected chi connectivity index (χ2v) is 5.10. The quantitative estimate of drug-likeness (QED) is 0.837. The zero-order chi connectivity index (χ0) is 13.2. The Bertz CT molecular complexity index is 642. The van der Waals surface area contributed by atoms with Crippen molar-refractivity contribution in [2.45, 2.75) is 6.42 Å². The van der Waals surface area contributed by atoms with E-state index in [0.29, 0.717) is 15.9 Å². The molecule has 0 radical (unpaired) electrons. The molecule has 0 spiro atoms. The van der Waals surface area contributed by atoms with Crippen molar-refractivity contribution in [3.05, 3.63) is 52.3 Å². The Labute approximate surface area is 119 Å². The van der Waals surface area contributed by atoms with E-state index in [4.69, 9.17) is 0 Å². The van der Waals surface area contributed by atoms with E-state index in [1.807, 2.05) is 24.3 Å². The SMILES string of the molecule is O=C(Nc1cccnc1Br)c1ccc2c(c1)CCN2. The molecule has 5 heteroatoms. The highest BCUT2D eigenvalue weighted by Crippen LogP contribution is 2.24. The maximum Gasteiger partial charge on any atom is 0.255 e. The molecule has 19 heavy (non-hydrogen) atoms. The van der Waals surface area contributed by atoms with Gasteiger partial charge in [0.05, 0.1) is 5.69 Å². The lowest BCUT2D eigenvalue weighted by molar-refractivity contribution is 0.102. The van der Waals surface area contributed by atoms with Crippen molar-refractivity contribution < 1.29 is 4.79 Å². The van der Waals surface area contributed by atoms with Crippen LogP contribution in [0.4, 0.5) is 11.4 Å². The van der Waals surface area contributed by atoms with E-state index < -0.39 is 0 Å². The third-order valence-corrected chi connectivity index (χ3v) is 3.72. The second kappa shape index (κ2) is 5.01. The summed E-state index contributed by atoms with van der Waals surface area (Å²) in [7, 11) is 0. The van der Waals surface area contributed by atoms with E-state index in [1.54, 1.807) is 12.3 Å². The highest BCUT2D eigenvalue weighted by Gasteiger charge is 2.14. The van der Waals surface area contributed by atoms with Gasteiger partial charge in [0.25, 0.3) is 5.91 Å². The number of nitrogens with zero attached hydrogens (tertiary/aromatic N) is 1. The van der Waals surface area contributed by atoms with Gasteiger partial charge in [-0.2, -0.15) is 0 Å². The number of pyridine rings is 1. The van der Waals surface area contributed by atoms with Gasteiger partial charge in [-0.25, -0.2) is 4.98 Å². The standard InChI is InChI=1S/C14H12BrN3O/c15-13-12(2-1-6-17-13)18-14(19)10-3-4-11-9(8-10)5-7-16-11/h1-4,6,8,16H,5,7H2,(H,18,19). The molecule has 96 valence electrons. The third-order valence-electron chi connectivity index (χ3n) is 3.08. The molecule has 0 saturated carbocycles. The van der Waals surface area contributed by atoms with Crippen LogP contribution in [0.25, 0.3) is 0 Å². The maximum absolute atomic E-state index is 12.2. The largest absolute Gasteiger partial charge is 0.384 e. The average molecular weight is 318 g/mol. The van der Waals surface area contributed by atoms with Crippen LogP contribution < -0.4 is 10.6 Å². The Kier molecular flexibility index (Phi) is 3.21. The summed E-state index contributed by atoms with van der Waals surface area (Å²) in [5, 5.41) is 6.12. The Hall–Kier alpha value is -1.88. The van der Waals surface area contributed by atoms with Gasteiger partial charge >= 0.3 is 0 Å². The van der Waals surface area contributed by atoms with E-state index >= 15 is 0 Å². The summed E-state index contributed by atoms with van der Waals surface area (Å²) in [6.07, 6.45) is 2.63. The number of amides is 1. The first kappa shape index (κ1) is 12.2. The number of rotatable bonds is 2. The molecule has 0 bridgehead atoms. The lowest BCUT2D eigenvalue weighted by Crippen LogP contribution is -2.12. The van der Waals surface area contributed by atoms with Crippen LogP contribution in [0.3, 0.4) is 0 Å². The Balaban J connectivity index is 1.83. The predicted molar refractivity (Wildman–Crippen MR) is 78.5 cm³/mol. The molecule has 1 aromatic heterocycles. The number of carbonyl (C=O) groups is 1. The molecular weight excluding hydrogens is 306 g/mol. The summed E-state index contributed by atoms with van der Waals surface area (Å²) in [6, 6.07) is 9.32. The first-order valence-electron chi connectivity index (χ1n) is 6.03. The normalized spacial score (nSPS) is 12.7. The van der Waals surface area contributed by atoms with Crippen LogP contribution in [0.1, 0.15) is 15.9 Å². The molecular formula is C14H12BrN3O. The summed E-state index contributed by atoms with van der Waals surface area (Å²) < 4.78 is 0.631. The van der Waals surface area contributed by atoms with Crippen molar-refractivity contribution >= 4 is 33.2 Å². The first-order valence-corrected chi connectivity index (χ1v) is 6.82. The summed E-state index contributed by atoms with van der Waals surface area (Å²) >= 11 is 3.31. The maximum atomic E-state index is 12.2. The zero-order valence-electron chi connectivity index (χ0n) is 10.1. The van der Waals surface area contributed by atoms with Gasteiger partial charge in [0.1, 0.15) is 4.60 Å². The first-order chi connectivity index (χ1) is 9.24. The number of carbonyl (C=O) groups excluding carboxylic acids is 1. The highest BCUT2D eigenvalue weighted by atomic mass is 79.9. The summed E-state index contributed by atoms with van der Waals surface area (Å²) in [6.45, 7) is 0.939. The van der Waals surface area contributed by atoms with Crippen molar-refractivity contribution in [3.63, 3.8) is 0 Å². The van der Waals surface area contributed by atoms with E-state index in [9.17, 15) is 4.79 Å². The number of aromatic nitrogens is 1. The van der Waals surface area contributed by atoms with Gasteiger partial charge in [-0.3, -0.25) is 4.79 Å². The van der Waals surface area contributed by atoms with Gasteiger partial charge in [0.15, 0.2) is 0 Å². The number of anilines is 2. The number of hydrogen-bond donors (Lipinski definition) is 2. The van der Waals surface area contributed by atoms with Crippen LogP contribution in [0, 0.1) is 0 Å². The van der Waals surface area contributed by atoms with E-state index in [1.165, 1.54) is 5.56 Å². The topological polar surface area (TPSA) is 54.0 Å². The zero-order valence-corrected chi connectivity index (χ0v) is 11.7. The minimum absolute atomic E-state index is 0.122. The lowest BCUT2D eigenvalue weighted by Gasteiger charge is -2.07. The van der Waals surface area contributed by atoms with Crippen molar-refractivity contribution in [3.8, 4) is 0 Å². The molecule has 0 fully saturated rings. The lowest BCUT2D eigenvalue weighted by atomic mass is 10.1. The van der Waals surface area contributed by atoms with Crippen molar-refractivity contribution in [1.82, 2.24) is 4.98 Å².